The number of aliphatic hydroxyl groups excluding tert-OH is 2. The Hall–Kier alpha value is -2.62. The number of benzene rings is 1. The summed E-state index contributed by atoms with van der Waals surface area (Å²) in [6.45, 7) is 8.95. The minimum atomic E-state index is -2.68. The summed E-state index contributed by atoms with van der Waals surface area (Å²) in [6.07, 6.45) is 0.749. The summed E-state index contributed by atoms with van der Waals surface area (Å²) in [5.74, 6) is -9.24. The largest absolute Gasteiger partial charge is 0.507 e. The second kappa shape index (κ2) is 10.2. The van der Waals surface area contributed by atoms with E-state index in [0.29, 0.717) is 5.56 Å². The smallest absolute Gasteiger partial charge is 0.230 e. The van der Waals surface area contributed by atoms with Crippen LogP contribution in [0.2, 0.25) is 0 Å². The lowest BCUT2D eigenvalue weighted by atomic mass is 9.33. The van der Waals surface area contributed by atoms with Gasteiger partial charge in [0.25, 0.3) is 0 Å². The zero-order valence-electron chi connectivity index (χ0n) is 25.2. The van der Waals surface area contributed by atoms with Gasteiger partial charge < -0.3 is 26.2 Å². The third kappa shape index (κ3) is 3.78. The molecule has 1 aromatic carbocycles. The van der Waals surface area contributed by atoms with E-state index in [1.807, 2.05) is 13.8 Å². The van der Waals surface area contributed by atoms with Crippen molar-refractivity contribution in [1.29, 1.82) is 0 Å². The van der Waals surface area contributed by atoms with Crippen molar-refractivity contribution < 1.29 is 39.6 Å². The lowest BCUT2D eigenvalue weighted by Gasteiger charge is -2.71. The molecule has 1 aromatic rings. The quantitative estimate of drug-likeness (QED) is 0.329. The van der Waals surface area contributed by atoms with Crippen molar-refractivity contribution in [1.82, 2.24) is 0 Å². The molecule has 42 heavy (non-hydrogen) atoms. The minimum Gasteiger partial charge on any atom is -0.507 e. The molecular formula is C33H45NO8. The highest BCUT2D eigenvalue weighted by Crippen LogP contribution is 2.71. The van der Waals surface area contributed by atoms with Crippen molar-refractivity contribution in [3.8, 4) is 5.75 Å². The SMILES string of the molecule is CC(C)[C@H]1C(O)[C@@H](C(N)=O)C(=O)[C@]2(O)C(O)[C@H]3C(=O)c4c(O)cccc4[C@@H](C)[C@]3(C)[C@@H](CC(=O)C3CCCCC3)[C@]12C. The summed E-state index contributed by atoms with van der Waals surface area (Å²) in [5, 5.41) is 47.2. The predicted molar refractivity (Wildman–Crippen MR) is 153 cm³/mol. The topological polar surface area (TPSA) is 175 Å². The molecular weight excluding hydrogens is 538 g/mol. The number of phenols is 1. The molecule has 3 fully saturated rings. The molecule has 4 aliphatic rings. The van der Waals surface area contributed by atoms with Crippen LogP contribution in [-0.4, -0.2) is 61.5 Å². The lowest BCUT2D eigenvalue weighted by molar-refractivity contribution is -0.292. The molecule has 0 radical (unpaired) electrons. The summed E-state index contributed by atoms with van der Waals surface area (Å²) < 4.78 is 0. The molecule has 0 aromatic heterocycles. The van der Waals surface area contributed by atoms with E-state index >= 15 is 0 Å². The molecule has 1 amide bonds. The maximum atomic E-state index is 14.3. The lowest BCUT2D eigenvalue weighted by Crippen LogP contribution is -2.82. The molecule has 5 rings (SSSR count). The normalized spacial score (nSPS) is 42.1. The second-order valence-corrected chi connectivity index (χ2v) is 14.2. The fourth-order valence-corrected chi connectivity index (χ4v) is 10.2. The highest BCUT2D eigenvalue weighted by atomic mass is 16.4. The molecule has 0 saturated heterocycles. The van der Waals surface area contributed by atoms with Crippen LogP contribution in [0.1, 0.15) is 95.0 Å². The molecule has 10 atom stereocenters. The molecule has 2 unspecified atom stereocenters. The van der Waals surface area contributed by atoms with Crippen molar-refractivity contribution in [3.05, 3.63) is 29.3 Å². The van der Waals surface area contributed by atoms with Crippen LogP contribution >= 0.6 is 0 Å². The van der Waals surface area contributed by atoms with E-state index in [1.54, 1.807) is 32.9 Å². The molecule has 3 saturated carbocycles. The summed E-state index contributed by atoms with van der Waals surface area (Å²) in [5.41, 5.74) is 0.724. The average Bonchev–Trinajstić information content (AvgIpc) is 2.92. The van der Waals surface area contributed by atoms with E-state index in [-0.39, 0.29) is 29.4 Å². The standard InChI is InChI=1S/C33H45NO8/c1-15(2)24-27(38)23(30(34)41)28(39)33(42)29(40)25-26(37)22-18(12-9-13-19(22)35)16(3)31(25,4)21(32(24,33)5)14-20(36)17-10-7-6-8-11-17/h9,12-13,15-17,21,23-25,27,29,35,38,40,42H,6-8,10-11,14H2,1-5H3,(H2,34,41)/t16-,21-,23-,24+,25-,27?,29?,31-,32-,33+/m1/s1. The fraction of sp³-hybridized carbons (Fsp3) is 0.697. The highest BCUT2D eigenvalue weighted by molar-refractivity contribution is 6.09. The molecule has 9 nitrogen and oxygen atoms in total. The summed E-state index contributed by atoms with van der Waals surface area (Å²) in [6, 6.07) is 4.77. The molecule has 0 aliphatic heterocycles. The zero-order valence-corrected chi connectivity index (χ0v) is 25.2. The maximum absolute atomic E-state index is 14.3. The minimum absolute atomic E-state index is 0.0197. The van der Waals surface area contributed by atoms with E-state index < -0.39 is 81.6 Å². The van der Waals surface area contributed by atoms with Crippen LogP contribution in [-0.2, 0) is 14.4 Å². The number of primary amides is 1. The van der Waals surface area contributed by atoms with Crippen LogP contribution in [0.4, 0.5) is 0 Å². The monoisotopic (exact) mass is 583 g/mol. The van der Waals surface area contributed by atoms with Crippen LogP contribution in [0.25, 0.3) is 0 Å². The second-order valence-electron chi connectivity index (χ2n) is 14.2. The Morgan fingerprint density at radius 3 is 2.26 bits per heavy atom. The van der Waals surface area contributed by atoms with E-state index in [4.69, 9.17) is 5.73 Å². The first-order valence-electron chi connectivity index (χ1n) is 15.4. The van der Waals surface area contributed by atoms with Crippen LogP contribution in [0.3, 0.4) is 0 Å². The van der Waals surface area contributed by atoms with Crippen molar-refractivity contribution in [2.24, 2.45) is 52.1 Å². The Bertz CT molecular complexity index is 1320. The van der Waals surface area contributed by atoms with Gasteiger partial charge in [-0.05, 0) is 53.6 Å². The van der Waals surface area contributed by atoms with Gasteiger partial charge in [0, 0.05) is 17.8 Å². The predicted octanol–water partition coefficient (Wildman–Crippen LogP) is 2.90. The number of aromatic hydroxyl groups is 1. The number of fused-ring (bicyclic) bond motifs is 3. The van der Waals surface area contributed by atoms with Gasteiger partial charge in [-0.25, -0.2) is 0 Å². The number of aliphatic hydroxyl groups is 3. The van der Waals surface area contributed by atoms with Gasteiger partial charge in [0.2, 0.25) is 5.91 Å². The molecule has 9 heteroatoms. The number of phenolic OH excluding ortho intramolecular Hbond substituents is 1. The van der Waals surface area contributed by atoms with E-state index in [9.17, 15) is 39.6 Å². The first-order chi connectivity index (χ1) is 19.6. The fourth-order valence-electron chi connectivity index (χ4n) is 10.2. The van der Waals surface area contributed by atoms with Crippen LogP contribution in [0, 0.1) is 46.3 Å². The summed E-state index contributed by atoms with van der Waals surface area (Å²) >= 11 is 0. The van der Waals surface area contributed by atoms with Crippen LogP contribution < -0.4 is 5.73 Å². The molecule has 230 valence electrons. The van der Waals surface area contributed by atoms with Gasteiger partial charge in [0.15, 0.2) is 17.2 Å². The Morgan fingerprint density at radius 2 is 1.69 bits per heavy atom. The number of hydrogen-bond donors (Lipinski definition) is 5. The number of ketones is 3. The number of rotatable bonds is 5. The Balaban J connectivity index is 1.81. The maximum Gasteiger partial charge on any atom is 0.230 e. The summed E-state index contributed by atoms with van der Waals surface area (Å²) in [7, 11) is 0. The Labute approximate surface area is 246 Å². The average molecular weight is 584 g/mol. The van der Waals surface area contributed by atoms with Gasteiger partial charge in [0.05, 0.1) is 17.6 Å². The Morgan fingerprint density at radius 1 is 1.07 bits per heavy atom. The molecule has 0 bridgehead atoms. The van der Waals surface area contributed by atoms with Crippen LogP contribution in [0.5, 0.6) is 5.75 Å². The number of Topliss-reactive ketones (excluding diaryl/α,β-unsaturated/α-hetero) is 3. The molecule has 6 N–H and O–H groups in total. The highest BCUT2D eigenvalue weighted by Gasteiger charge is 2.80. The van der Waals surface area contributed by atoms with Crippen molar-refractivity contribution in [3.63, 3.8) is 0 Å². The van der Waals surface area contributed by atoms with Gasteiger partial charge in [-0.3, -0.25) is 19.2 Å². The van der Waals surface area contributed by atoms with E-state index in [1.165, 1.54) is 6.07 Å². The van der Waals surface area contributed by atoms with E-state index in [2.05, 4.69) is 0 Å². The number of carbonyl (C=O) groups is 4. The molecule has 0 spiro atoms. The number of amides is 1. The molecule has 0 heterocycles. The van der Waals surface area contributed by atoms with E-state index in [0.717, 1.165) is 32.1 Å². The summed E-state index contributed by atoms with van der Waals surface area (Å²) in [4.78, 5) is 55.2. The number of carbonyl (C=O) groups excluding carboxylic acids is 4. The van der Waals surface area contributed by atoms with Crippen molar-refractivity contribution >= 4 is 23.3 Å². The first-order valence-corrected chi connectivity index (χ1v) is 15.4. The third-order valence-electron chi connectivity index (χ3n) is 12.3. The van der Waals surface area contributed by atoms with Gasteiger partial charge in [0.1, 0.15) is 23.6 Å². The van der Waals surface area contributed by atoms with Gasteiger partial charge in [-0.15, -0.1) is 0 Å². The first kappa shape index (κ1) is 30.8. The zero-order chi connectivity index (χ0) is 31.1. The third-order valence-corrected chi connectivity index (χ3v) is 12.3. The molecule has 4 aliphatic carbocycles. The number of nitrogens with two attached hydrogens (primary N) is 1. The Kier molecular flexibility index (Phi) is 7.51. The van der Waals surface area contributed by atoms with Crippen molar-refractivity contribution in [2.45, 2.75) is 96.9 Å². The van der Waals surface area contributed by atoms with Gasteiger partial charge in [-0.2, -0.15) is 0 Å². The number of hydrogen-bond acceptors (Lipinski definition) is 8. The van der Waals surface area contributed by atoms with Gasteiger partial charge in [-0.1, -0.05) is 66.0 Å². The van der Waals surface area contributed by atoms with Gasteiger partial charge >= 0.3 is 0 Å². The van der Waals surface area contributed by atoms with Crippen molar-refractivity contribution in [2.75, 3.05) is 0 Å². The van der Waals surface area contributed by atoms with Crippen LogP contribution in [0.15, 0.2) is 18.2 Å².